The van der Waals surface area contributed by atoms with Gasteiger partial charge in [0.15, 0.2) is 0 Å². The van der Waals surface area contributed by atoms with E-state index in [0.29, 0.717) is 0 Å². The molecule has 1 fully saturated rings. The van der Waals surface area contributed by atoms with Gasteiger partial charge >= 0.3 is 0 Å². The number of nitrogens with zero attached hydrogens (tertiary/aromatic N) is 1. The molecule has 1 heterocycles. The fourth-order valence-corrected chi connectivity index (χ4v) is 4.15. The zero-order valence-electron chi connectivity index (χ0n) is 12.4. The van der Waals surface area contributed by atoms with Crippen LogP contribution in [-0.2, 0) is 18.7 Å². The lowest BCUT2D eigenvalue weighted by molar-refractivity contribution is 0.686. The molecule has 0 atom stereocenters. The van der Waals surface area contributed by atoms with E-state index < -0.39 is 0 Å². The fourth-order valence-electron chi connectivity index (χ4n) is 1.98. The molecule has 0 bridgehead atoms. The Labute approximate surface area is 125 Å². The Morgan fingerprint density at radius 2 is 2.21 bits per heavy atom. The summed E-state index contributed by atoms with van der Waals surface area (Å²) in [6, 6.07) is 0.787. The van der Waals surface area contributed by atoms with Crippen molar-refractivity contribution in [3.05, 3.63) is 15.6 Å². The van der Waals surface area contributed by atoms with E-state index in [9.17, 15) is 0 Å². The van der Waals surface area contributed by atoms with Crippen LogP contribution in [0.4, 0.5) is 0 Å². The van der Waals surface area contributed by atoms with E-state index in [-0.39, 0.29) is 0 Å². The SMILES string of the molecule is CCCc1nc(CSCC(C)C)sc1CNC1CC1. The highest BCUT2D eigenvalue weighted by Crippen LogP contribution is 2.26. The van der Waals surface area contributed by atoms with E-state index in [4.69, 9.17) is 4.98 Å². The van der Waals surface area contributed by atoms with Gasteiger partial charge in [0.2, 0.25) is 0 Å². The summed E-state index contributed by atoms with van der Waals surface area (Å²) >= 11 is 3.95. The molecule has 0 aromatic carbocycles. The van der Waals surface area contributed by atoms with Crippen molar-refractivity contribution >= 4 is 23.1 Å². The molecule has 1 aliphatic rings. The molecule has 1 N–H and O–H groups in total. The third-order valence-corrected chi connectivity index (χ3v) is 5.77. The van der Waals surface area contributed by atoms with Crippen LogP contribution < -0.4 is 5.32 Å². The van der Waals surface area contributed by atoms with Crippen LogP contribution in [0.1, 0.15) is 55.6 Å². The van der Waals surface area contributed by atoms with Crippen molar-refractivity contribution in [1.29, 1.82) is 0 Å². The molecule has 1 saturated carbocycles. The summed E-state index contributed by atoms with van der Waals surface area (Å²) in [6.07, 6.45) is 5.05. The van der Waals surface area contributed by atoms with Crippen LogP contribution in [0.5, 0.6) is 0 Å². The Hall–Kier alpha value is -0.0600. The number of thiazole rings is 1. The highest BCUT2D eigenvalue weighted by atomic mass is 32.2. The summed E-state index contributed by atoms with van der Waals surface area (Å²) in [5, 5.41) is 4.94. The first-order valence-corrected chi connectivity index (χ1v) is 9.44. The Morgan fingerprint density at radius 3 is 2.84 bits per heavy atom. The van der Waals surface area contributed by atoms with Crippen LogP contribution in [-0.4, -0.2) is 16.8 Å². The first-order valence-electron chi connectivity index (χ1n) is 7.47. The summed E-state index contributed by atoms with van der Waals surface area (Å²) in [5.41, 5.74) is 1.35. The number of thioether (sulfide) groups is 1. The minimum atomic E-state index is 0.774. The van der Waals surface area contributed by atoms with E-state index >= 15 is 0 Å². The zero-order valence-corrected chi connectivity index (χ0v) is 14.0. The van der Waals surface area contributed by atoms with Crippen LogP contribution >= 0.6 is 23.1 Å². The molecular weight excluding hydrogens is 272 g/mol. The molecule has 0 saturated heterocycles. The van der Waals surface area contributed by atoms with Crippen LogP contribution in [0, 0.1) is 5.92 Å². The number of nitrogens with one attached hydrogen (secondary N) is 1. The van der Waals surface area contributed by atoms with Gasteiger partial charge in [0.25, 0.3) is 0 Å². The molecule has 19 heavy (non-hydrogen) atoms. The maximum Gasteiger partial charge on any atom is 0.103 e. The fraction of sp³-hybridized carbons (Fsp3) is 0.800. The molecule has 2 nitrogen and oxygen atoms in total. The topological polar surface area (TPSA) is 24.9 Å². The second kappa shape index (κ2) is 7.65. The summed E-state index contributed by atoms with van der Waals surface area (Å²) in [5.74, 6) is 3.09. The lowest BCUT2D eigenvalue weighted by Crippen LogP contribution is -2.15. The van der Waals surface area contributed by atoms with Crippen LogP contribution in [0.2, 0.25) is 0 Å². The highest BCUT2D eigenvalue weighted by molar-refractivity contribution is 7.98. The van der Waals surface area contributed by atoms with Crippen molar-refractivity contribution in [2.45, 2.75) is 64.8 Å². The second-order valence-electron chi connectivity index (χ2n) is 5.79. The third-order valence-electron chi connectivity index (χ3n) is 3.11. The van der Waals surface area contributed by atoms with Gasteiger partial charge in [-0.15, -0.1) is 11.3 Å². The first kappa shape index (κ1) is 15.3. The number of aryl methyl sites for hydroxylation is 1. The molecule has 0 aliphatic heterocycles. The molecule has 108 valence electrons. The molecule has 1 aliphatic carbocycles. The number of hydrogen-bond donors (Lipinski definition) is 1. The standard InChI is InChI=1S/C15H26N2S2/c1-4-5-13-14(8-16-12-6-7-12)19-15(17-13)10-18-9-11(2)3/h11-12,16H,4-10H2,1-3H3. The van der Waals surface area contributed by atoms with Crippen LogP contribution in [0.15, 0.2) is 0 Å². The van der Waals surface area contributed by atoms with Crippen LogP contribution in [0.3, 0.4) is 0 Å². The van der Waals surface area contributed by atoms with E-state index in [0.717, 1.165) is 30.7 Å². The molecule has 1 aromatic heterocycles. The van der Waals surface area contributed by atoms with Gasteiger partial charge in [-0.05, 0) is 30.9 Å². The molecule has 0 spiro atoms. The van der Waals surface area contributed by atoms with Crippen molar-refractivity contribution in [1.82, 2.24) is 10.3 Å². The lowest BCUT2D eigenvalue weighted by atomic mass is 10.2. The average Bonchev–Trinajstić information content (AvgIpc) is 3.10. The monoisotopic (exact) mass is 298 g/mol. The van der Waals surface area contributed by atoms with E-state index in [1.807, 2.05) is 23.1 Å². The summed E-state index contributed by atoms with van der Waals surface area (Å²) in [6.45, 7) is 7.84. The van der Waals surface area contributed by atoms with Gasteiger partial charge in [0.05, 0.1) is 5.69 Å². The van der Waals surface area contributed by atoms with Gasteiger partial charge in [0.1, 0.15) is 5.01 Å². The third kappa shape index (κ3) is 5.44. The van der Waals surface area contributed by atoms with Gasteiger partial charge in [0, 0.05) is 23.2 Å². The maximum absolute atomic E-state index is 4.85. The number of hydrogen-bond acceptors (Lipinski definition) is 4. The van der Waals surface area contributed by atoms with Crippen molar-refractivity contribution in [3.8, 4) is 0 Å². The molecule has 4 heteroatoms. The molecule has 0 amide bonds. The minimum absolute atomic E-state index is 0.774. The predicted molar refractivity (Wildman–Crippen MR) is 87.0 cm³/mol. The Balaban J connectivity index is 1.88. The van der Waals surface area contributed by atoms with Gasteiger partial charge in [-0.25, -0.2) is 4.98 Å². The smallest absolute Gasteiger partial charge is 0.103 e. The van der Waals surface area contributed by atoms with Crippen LogP contribution in [0.25, 0.3) is 0 Å². The molecule has 2 rings (SSSR count). The summed E-state index contributed by atoms with van der Waals surface area (Å²) in [7, 11) is 0. The average molecular weight is 299 g/mol. The number of aromatic nitrogens is 1. The van der Waals surface area contributed by atoms with Gasteiger partial charge in [-0.2, -0.15) is 11.8 Å². The van der Waals surface area contributed by atoms with Crippen molar-refractivity contribution in [3.63, 3.8) is 0 Å². The Bertz CT molecular complexity index is 383. The van der Waals surface area contributed by atoms with Gasteiger partial charge in [-0.1, -0.05) is 27.2 Å². The lowest BCUT2D eigenvalue weighted by Gasteiger charge is -2.02. The second-order valence-corrected chi connectivity index (χ2v) is 7.99. The number of rotatable bonds is 9. The van der Waals surface area contributed by atoms with Crippen molar-refractivity contribution in [2.75, 3.05) is 5.75 Å². The van der Waals surface area contributed by atoms with Crippen molar-refractivity contribution < 1.29 is 0 Å². The maximum atomic E-state index is 4.85. The van der Waals surface area contributed by atoms with Crippen molar-refractivity contribution in [2.24, 2.45) is 5.92 Å². The largest absolute Gasteiger partial charge is 0.309 e. The predicted octanol–water partition coefficient (Wildman–Crippen LogP) is 4.24. The van der Waals surface area contributed by atoms with E-state index in [2.05, 4.69) is 26.1 Å². The van der Waals surface area contributed by atoms with E-state index in [1.54, 1.807) is 0 Å². The zero-order chi connectivity index (χ0) is 13.7. The minimum Gasteiger partial charge on any atom is -0.309 e. The summed E-state index contributed by atoms with van der Waals surface area (Å²) in [4.78, 5) is 6.33. The first-order chi connectivity index (χ1) is 9.19. The quantitative estimate of drug-likeness (QED) is 0.738. The molecular formula is C15H26N2S2. The highest BCUT2D eigenvalue weighted by Gasteiger charge is 2.21. The normalized spacial score (nSPS) is 15.4. The van der Waals surface area contributed by atoms with Gasteiger partial charge in [-0.3, -0.25) is 0 Å². The summed E-state index contributed by atoms with van der Waals surface area (Å²) < 4.78 is 0. The Kier molecular flexibility index (Phi) is 6.17. The molecule has 1 aromatic rings. The Morgan fingerprint density at radius 1 is 1.42 bits per heavy atom. The molecule has 0 unspecified atom stereocenters. The van der Waals surface area contributed by atoms with Gasteiger partial charge < -0.3 is 5.32 Å². The van der Waals surface area contributed by atoms with E-state index in [1.165, 1.54) is 40.6 Å². The molecule has 0 radical (unpaired) electrons.